The largest absolute Gasteiger partial charge is 0.331 e. The number of carbonyl (C=O) groups excluding carboxylic acids is 1. The van der Waals surface area contributed by atoms with Crippen molar-refractivity contribution < 1.29 is 9.69 Å². The van der Waals surface area contributed by atoms with Crippen LogP contribution in [0.1, 0.15) is 56.1 Å². The van der Waals surface area contributed by atoms with Gasteiger partial charge in [-0.2, -0.15) is 5.26 Å². The molecule has 28 heavy (non-hydrogen) atoms. The number of carbonyl (C=O) groups is 1. The molecule has 0 aliphatic heterocycles. The molecule has 0 radical (unpaired) electrons. The number of benzene rings is 1. The Bertz CT molecular complexity index is 713. The molecule has 4 saturated carbocycles. The Hall–Kier alpha value is -1.86. The van der Waals surface area contributed by atoms with Gasteiger partial charge < -0.3 is 9.80 Å². The van der Waals surface area contributed by atoms with Gasteiger partial charge in [-0.15, -0.1) is 0 Å². The smallest absolute Gasteiger partial charge is 0.278 e. The van der Waals surface area contributed by atoms with Crippen LogP contribution in [0.15, 0.2) is 24.3 Å². The van der Waals surface area contributed by atoms with E-state index >= 15 is 0 Å². The molecule has 4 aliphatic carbocycles. The molecule has 4 fully saturated rings. The summed E-state index contributed by atoms with van der Waals surface area (Å²) in [5.41, 5.74) is 2.59. The summed E-state index contributed by atoms with van der Waals surface area (Å²) < 4.78 is 0. The number of likely N-dealkylation sites (N-methyl/N-ethyl adjacent to an activating group) is 1. The molecule has 4 bridgehead atoms. The Labute approximate surface area is 169 Å². The van der Waals surface area contributed by atoms with Crippen molar-refractivity contribution in [2.75, 3.05) is 20.1 Å². The van der Waals surface area contributed by atoms with E-state index in [4.69, 9.17) is 0 Å². The maximum absolute atomic E-state index is 13.4. The lowest BCUT2D eigenvalue weighted by atomic mass is 9.52. The number of amides is 1. The third-order valence-electron chi connectivity index (χ3n) is 7.41. The lowest BCUT2D eigenvalue weighted by Gasteiger charge is -2.60. The zero-order chi connectivity index (χ0) is 19.7. The third-order valence-corrected chi connectivity index (χ3v) is 7.41. The Balaban J connectivity index is 1.45. The van der Waals surface area contributed by atoms with Crippen molar-refractivity contribution in [2.24, 2.45) is 17.8 Å². The molecule has 0 saturated heterocycles. The molecule has 1 N–H and O–H groups in total. The first-order valence-electron chi connectivity index (χ1n) is 11.0. The number of nitrogens with zero attached hydrogens (tertiary/aromatic N) is 2. The molecular formula is C24H34N3O+. The van der Waals surface area contributed by atoms with Crippen LogP contribution in [-0.4, -0.2) is 36.5 Å². The quantitative estimate of drug-likeness (QED) is 0.791. The first-order chi connectivity index (χ1) is 13.5. The fraction of sp³-hybridized carbons (Fsp3) is 0.667. The fourth-order valence-electron chi connectivity index (χ4n) is 6.65. The predicted molar refractivity (Wildman–Crippen MR) is 109 cm³/mol. The summed E-state index contributed by atoms with van der Waals surface area (Å²) in [5.74, 6) is 2.67. The summed E-state index contributed by atoms with van der Waals surface area (Å²) in [5, 5.41) is 9.18. The average molecular weight is 381 g/mol. The molecule has 1 atom stereocenters. The highest BCUT2D eigenvalue weighted by Crippen LogP contribution is 2.57. The monoisotopic (exact) mass is 380 g/mol. The van der Waals surface area contributed by atoms with Gasteiger partial charge in [0.05, 0.1) is 19.5 Å². The summed E-state index contributed by atoms with van der Waals surface area (Å²) in [6, 6.07) is 10.9. The molecule has 1 unspecified atom stereocenters. The van der Waals surface area contributed by atoms with Gasteiger partial charge in [-0.1, -0.05) is 29.8 Å². The average Bonchev–Trinajstić information content (AvgIpc) is 2.62. The third kappa shape index (κ3) is 3.96. The van der Waals surface area contributed by atoms with Crippen LogP contribution in [-0.2, 0) is 11.3 Å². The van der Waals surface area contributed by atoms with Gasteiger partial charge in [0, 0.05) is 17.6 Å². The Morgan fingerprint density at radius 1 is 1.14 bits per heavy atom. The first-order valence-corrected chi connectivity index (χ1v) is 11.0. The van der Waals surface area contributed by atoms with E-state index in [0.29, 0.717) is 19.5 Å². The Morgan fingerprint density at radius 3 is 2.25 bits per heavy atom. The van der Waals surface area contributed by atoms with Gasteiger partial charge in [0.25, 0.3) is 5.91 Å². The zero-order valence-corrected chi connectivity index (χ0v) is 17.4. The molecule has 150 valence electrons. The van der Waals surface area contributed by atoms with E-state index in [0.717, 1.165) is 24.3 Å². The van der Waals surface area contributed by atoms with Crippen LogP contribution in [0, 0.1) is 36.0 Å². The maximum atomic E-state index is 13.4. The highest BCUT2D eigenvalue weighted by atomic mass is 16.2. The molecule has 4 aliphatic rings. The van der Waals surface area contributed by atoms with Crippen molar-refractivity contribution in [3.05, 3.63) is 35.4 Å². The van der Waals surface area contributed by atoms with Crippen LogP contribution in [0.5, 0.6) is 0 Å². The number of quaternary nitrogens is 1. The van der Waals surface area contributed by atoms with Crippen LogP contribution in [0.4, 0.5) is 0 Å². The van der Waals surface area contributed by atoms with Crippen LogP contribution >= 0.6 is 0 Å². The minimum absolute atomic E-state index is 0.0484. The molecule has 0 heterocycles. The van der Waals surface area contributed by atoms with E-state index in [2.05, 4.69) is 49.2 Å². The number of nitrogens with one attached hydrogen (secondary N) is 1. The molecule has 4 heteroatoms. The minimum Gasteiger partial charge on any atom is -0.331 e. The second-order valence-corrected chi connectivity index (χ2v) is 9.89. The number of hydrogen-bond donors (Lipinski definition) is 1. The van der Waals surface area contributed by atoms with Crippen molar-refractivity contribution in [3.8, 4) is 6.07 Å². The lowest BCUT2D eigenvalue weighted by molar-refractivity contribution is -0.885. The number of hydrogen-bond acceptors (Lipinski definition) is 2. The summed E-state index contributed by atoms with van der Waals surface area (Å²) in [6.07, 6.45) is 8.09. The Morgan fingerprint density at radius 2 is 1.71 bits per heavy atom. The van der Waals surface area contributed by atoms with Crippen molar-refractivity contribution in [1.82, 2.24) is 4.90 Å². The standard InChI is InChI=1S/C24H33N3O/c1-18-4-6-19(7-5-18)16-26(2)17-23(28)27(9-3-8-25)24-13-20-10-21(14-24)12-22(11-20)15-24/h4-7,20-22H,3,9-17H2,1-2H3/p+1. The van der Waals surface area contributed by atoms with E-state index in [9.17, 15) is 10.1 Å². The van der Waals surface area contributed by atoms with Gasteiger partial charge in [0.1, 0.15) is 6.54 Å². The molecule has 4 nitrogen and oxygen atoms in total. The maximum Gasteiger partial charge on any atom is 0.278 e. The molecular weight excluding hydrogens is 346 g/mol. The highest BCUT2D eigenvalue weighted by molar-refractivity contribution is 5.78. The lowest BCUT2D eigenvalue weighted by Crippen LogP contribution is -3.09. The molecule has 1 amide bonds. The SMILES string of the molecule is Cc1ccc(C[NH+](C)CC(=O)N(CCC#N)C23CC4CC(CC(C4)C2)C3)cc1. The fourth-order valence-corrected chi connectivity index (χ4v) is 6.65. The number of rotatable bonds is 7. The van der Waals surface area contributed by atoms with Crippen LogP contribution in [0.2, 0.25) is 0 Å². The summed E-state index contributed by atoms with van der Waals surface area (Å²) >= 11 is 0. The van der Waals surface area contributed by atoms with E-state index in [1.807, 2.05) is 0 Å². The van der Waals surface area contributed by atoms with E-state index < -0.39 is 0 Å². The normalized spacial score (nSPS) is 31.4. The molecule has 0 spiro atoms. The van der Waals surface area contributed by atoms with Crippen LogP contribution in [0.25, 0.3) is 0 Å². The van der Waals surface area contributed by atoms with Gasteiger partial charge in [0.15, 0.2) is 6.54 Å². The number of nitriles is 1. The molecule has 5 rings (SSSR count). The number of aryl methyl sites for hydroxylation is 1. The second kappa shape index (κ2) is 7.87. The van der Waals surface area contributed by atoms with E-state index in [-0.39, 0.29) is 11.4 Å². The molecule has 1 aromatic carbocycles. The topological polar surface area (TPSA) is 48.5 Å². The van der Waals surface area contributed by atoms with Crippen molar-refractivity contribution in [2.45, 2.75) is 64.0 Å². The highest BCUT2D eigenvalue weighted by Gasteiger charge is 2.54. The van der Waals surface area contributed by atoms with Gasteiger partial charge in [0.2, 0.25) is 0 Å². The van der Waals surface area contributed by atoms with Crippen LogP contribution in [0.3, 0.4) is 0 Å². The summed E-state index contributed by atoms with van der Waals surface area (Å²) in [4.78, 5) is 16.8. The summed E-state index contributed by atoms with van der Waals surface area (Å²) in [6.45, 7) is 4.09. The first kappa shape index (κ1) is 19.5. The van der Waals surface area contributed by atoms with Crippen molar-refractivity contribution in [3.63, 3.8) is 0 Å². The van der Waals surface area contributed by atoms with Gasteiger partial charge in [-0.05, 0) is 63.2 Å². The molecule has 0 aromatic heterocycles. The molecule has 1 aromatic rings. The van der Waals surface area contributed by atoms with Gasteiger partial charge in [-0.25, -0.2) is 0 Å². The van der Waals surface area contributed by atoms with E-state index in [1.165, 1.54) is 54.6 Å². The van der Waals surface area contributed by atoms with Gasteiger partial charge in [-0.3, -0.25) is 4.79 Å². The summed E-state index contributed by atoms with van der Waals surface area (Å²) in [7, 11) is 2.11. The van der Waals surface area contributed by atoms with Crippen LogP contribution < -0.4 is 4.90 Å². The van der Waals surface area contributed by atoms with Crippen molar-refractivity contribution >= 4 is 5.91 Å². The van der Waals surface area contributed by atoms with Crippen molar-refractivity contribution in [1.29, 1.82) is 5.26 Å². The predicted octanol–water partition coefficient (Wildman–Crippen LogP) is 2.72. The van der Waals surface area contributed by atoms with E-state index in [1.54, 1.807) is 0 Å². The Kier molecular flexibility index (Phi) is 5.47. The second-order valence-electron chi connectivity index (χ2n) is 9.89. The van der Waals surface area contributed by atoms with Gasteiger partial charge >= 0.3 is 0 Å². The minimum atomic E-state index is 0.0484. The zero-order valence-electron chi connectivity index (χ0n) is 17.4.